The Morgan fingerprint density at radius 1 is 1.10 bits per heavy atom. The van der Waals surface area contributed by atoms with Gasteiger partial charge in [0.15, 0.2) is 5.96 Å². The summed E-state index contributed by atoms with van der Waals surface area (Å²) in [5.41, 5.74) is 2.17. The molecule has 0 fully saturated rings. The third-order valence-electron chi connectivity index (χ3n) is 4.09. The molecule has 0 saturated carbocycles. The molecule has 0 radical (unpaired) electrons. The molecule has 0 unspecified atom stereocenters. The molecule has 2 heterocycles. The van der Waals surface area contributed by atoms with E-state index in [2.05, 4.69) is 39.4 Å². The number of aryl methyl sites for hydroxylation is 1. The van der Waals surface area contributed by atoms with Crippen LogP contribution < -0.4 is 15.4 Å². The van der Waals surface area contributed by atoms with E-state index in [1.165, 1.54) is 4.88 Å². The molecule has 0 aliphatic carbocycles. The van der Waals surface area contributed by atoms with Gasteiger partial charge in [-0.25, -0.2) is 15.0 Å². The first-order valence-corrected chi connectivity index (χ1v) is 10.6. The van der Waals surface area contributed by atoms with Gasteiger partial charge in [-0.05, 0) is 31.0 Å². The van der Waals surface area contributed by atoms with Crippen LogP contribution in [-0.4, -0.2) is 29.0 Å². The number of nitrogens with zero attached hydrogens (tertiary/aromatic N) is 3. The molecule has 3 aromatic rings. The fourth-order valence-corrected chi connectivity index (χ4v) is 3.46. The maximum absolute atomic E-state index is 5.81. The van der Waals surface area contributed by atoms with Crippen LogP contribution in [0.15, 0.2) is 59.9 Å². The van der Waals surface area contributed by atoms with Crippen molar-refractivity contribution in [1.82, 2.24) is 20.6 Å². The zero-order valence-electron chi connectivity index (χ0n) is 17.3. The first-order valence-electron chi connectivity index (χ1n) is 9.78. The average Bonchev–Trinajstić information content (AvgIpc) is 3.16. The summed E-state index contributed by atoms with van der Waals surface area (Å²) < 4.78 is 5.81. The summed E-state index contributed by atoms with van der Waals surface area (Å²) in [6.07, 6.45) is 4.56. The second kappa shape index (κ2) is 13.2. The van der Waals surface area contributed by atoms with E-state index in [1.807, 2.05) is 48.7 Å². The number of hydrogen-bond donors (Lipinski definition) is 2. The summed E-state index contributed by atoms with van der Waals surface area (Å²) in [6.45, 7) is 6.79. The average molecular weight is 537 g/mol. The van der Waals surface area contributed by atoms with Crippen LogP contribution in [0.5, 0.6) is 5.88 Å². The highest BCUT2D eigenvalue weighted by molar-refractivity contribution is 14.0. The summed E-state index contributed by atoms with van der Waals surface area (Å²) in [4.78, 5) is 14.6. The van der Waals surface area contributed by atoms with Gasteiger partial charge in [-0.1, -0.05) is 30.3 Å². The van der Waals surface area contributed by atoms with E-state index in [0.29, 0.717) is 19.0 Å². The van der Waals surface area contributed by atoms with Crippen LogP contribution in [0.25, 0.3) is 0 Å². The van der Waals surface area contributed by atoms with Crippen molar-refractivity contribution in [1.29, 1.82) is 0 Å². The fourth-order valence-electron chi connectivity index (χ4n) is 2.68. The van der Waals surface area contributed by atoms with Crippen LogP contribution in [-0.2, 0) is 19.6 Å². The summed E-state index contributed by atoms with van der Waals surface area (Å²) >= 11 is 1.74. The zero-order chi connectivity index (χ0) is 20.3. The standard InChI is InChI=1S/C22H27N5OS.HI/c1-3-23-22(25-12-10-21-26-14-17(2)29-21)27-15-19-9-11-24-20(13-19)28-16-18-7-5-4-6-8-18;/h4-9,11,13-14H,3,10,12,15-16H2,1-2H3,(H2,23,25,27);1H. The number of guanidine groups is 1. The SMILES string of the molecule is CCNC(=NCc1ccnc(OCc2ccccc2)c1)NCCc1ncc(C)s1.I. The van der Waals surface area contributed by atoms with Gasteiger partial charge in [-0.15, -0.1) is 35.3 Å². The van der Waals surface area contributed by atoms with Crippen LogP contribution >= 0.6 is 35.3 Å². The first-order chi connectivity index (χ1) is 14.2. The Morgan fingerprint density at radius 2 is 1.93 bits per heavy atom. The van der Waals surface area contributed by atoms with Crippen molar-refractivity contribution in [3.63, 3.8) is 0 Å². The maximum Gasteiger partial charge on any atom is 0.213 e. The summed E-state index contributed by atoms with van der Waals surface area (Å²) in [7, 11) is 0. The molecule has 0 atom stereocenters. The van der Waals surface area contributed by atoms with Gasteiger partial charge >= 0.3 is 0 Å². The van der Waals surface area contributed by atoms with Crippen LogP contribution in [0.3, 0.4) is 0 Å². The van der Waals surface area contributed by atoms with E-state index in [9.17, 15) is 0 Å². The van der Waals surface area contributed by atoms with Crippen molar-refractivity contribution in [2.45, 2.75) is 33.4 Å². The lowest BCUT2D eigenvalue weighted by atomic mass is 10.2. The Hall–Kier alpha value is -2.20. The molecule has 1 aromatic carbocycles. The lowest BCUT2D eigenvalue weighted by Gasteiger charge is -2.11. The molecule has 2 aromatic heterocycles. The molecular weight excluding hydrogens is 509 g/mol. The number of aromatic nitrogens is 2. The zero-order valence-corrected chi connectivity index (χ0v) is 20.4. The molecule has 160 valence electrons. The number of benzene rings is 1. The Morgan fingerprint density at radius 3 is 2.67 bits per heavy atom. The van der Waals surface area contributed by atoms with E-state index in [4.69, 9.17) is 4.74 Å². The molecule has 6 nitrogen and oxygen atoms in total. The molecule has 8 heteroatoms. The third kappa shape index (κ3) is 8.27. The number of rotatable bonds is 9. The van der Waals surface area contributed by atoms with Crippen molar-refractivity contribution in [3.05, 3.63) is 75.9 Å². The Labute approximate surface area is 199 Å². The molecule has 0 bridgehead atoms. The van der Waals surface area contributed by atoms with Crippen LogP contribution in [0, 0.1) is 6.92 Å². The predicted molar refractivity (Wildman–Crippen MR) is 134 cm³/mol. The minimum Gasteiger partial charge on any atom is -0.473 e. The first kappa shape index (κ1) is 24.1. The predicted octanol–water partition coefficient (Wildman–Crippen LogP) is 4.34. The van der Waals surface area contributed by atoms with Gasteiger partial charge in [0.05, 0.1) is 11.6 Å². The fraction of sp³-hybridized carbons (Fsp3) is 0.318. The molecule has 2 N–H and O–H groups in total. The monoisotopic (exact) mass is 537 g/mol. The van der Waals surface area contributed by atoms with Gasteiger partial charge < -0.3 is 15.4 Å². The number of ether oxygens (including phenoxy) is 1. The number of thiazole rings is 1. The summed E-state index contributed by atoms with van der Waals surface area (Å²) in [5, 5.41) is 7.79. The normalized spacial score (nSPS) is 10.9. The number of aliphatic imine (C=N–C) groups is 1. The van der Waals surface area contributed by atoms with Crippen LogP contribution in [0.1, 0.15) is 27.9 Å². The Balaban J connectivity index is 0.00000320. The van der Waals surface area contributed by atoms with E-state index >= 15 is 0 Å². The van der Waals surface area contributed by atoms with Gasteiger partial charge in [0.1, 0.15) is 6.61 Å². The molecular formula is C22H28IN5OS. The molecule has 0 amide bonds. The lowest BCUT2D eigenvalue weighted by Crippen LogP contribution is -2.38. The van der Waals surface area contributed by atoms with E-state index in [-0.39, 0.29) is 24.0 Å². The smallest absolute Gasteiger partial charge is 0.213 e. The van der Waals surface area contributed by atoms with Crippen LogP contribution in [0.4, 0.5) is 0 Å². The molecule has 3 rings (SSSR count). The van der Waals surface area contributed by atoms with Crippen LogP contribution in [0.2, 0.25) is 0 Å². The van der Waals surface area contributed by atoms with Crippen molar-refractivity contribution in [2.24, 2.45) is 4.99 Å². The Bertz CT molecular complexity index is 917. The van der Waals surface area contributed by atoms with Crippen molar-refractivity contribution in [3.8, 4) is 5.88 Å². The summed E-state index contributed by atoms with van der Waals surface area (Å²) in [5.74, 6) is 1.41. The lowest BCUT2D eigenvalue weighted by molar-refractivity contribution is 0.293. The topological polar surface area (TPSA) is 71.4 Å². The van der Waals surface area contributed by atoms with E-state index < -0.39 is 0 Å². The minimum absolute atomic E-state index is 0. The van der Waals surface area contributed by atoms with Gasteiger partial charge in [-0.2, -0.15) is 0 Å². The van der Waals surface area contributed by atoms with E-state index in [1.54, 1.807) is 17.5 Å². The van der Waals surface area contributed by atoms with Crippen molar-refractivity contribution < 1.29 is 4.74 Å². The second-order valence-electron chi connectivity index (χ2n) is 6.51. The highest BCUT2D eigenvalue weighted by Crippen LogP contribution is 2.13. The number of pyridine rings is 1. The van der Waals surface area contributed by atoms with Gasteiger partial charge in [0.25, 0.3) is 0 Å². The largest absolute Gasteiger partial charge is 0.473 e. The van der Waals surface area contributed by atoms with Gasteiger partial charge in [0, 0.05) is 42.8 Å². The molecule has 0 aliphatic rings. The second-order valence-corrected chi connectivity index (χ2v) is 7.83. The number of hydrogen-bond acceptors (Lipinski definition) is 5. The van der Waals surface area contributed by atoms with Crippen molar-refractivity contribution in [2.75, 3.05) is 13.1 Å². The highest BCUT2D eigenvalue weighted by atomic mass is 127. The molecule has 0 aliphatic heterocycles. The minimum atomic E-state index is 0. The molecule has 30 heavy (non-hydrogen) atoms. The van der Waals surface area contributed by atoms with Gasteiger partial charge in [-0.3, -0.25) is 0 Å². The molecule has 0 saturated heterocycles. The third-order valence-corrected chi connectivity index (χ3v) is 5.07. The molecule has 0 spiro atoms. The quantitative estimate of drug-likeness (QED) is 0.242. The number of nitrogens with one attached hydrogen (secondary N) is 2. The number of halogens is 1. The van der Waals surface area contributed by atoms with Crippen molar-refractivity contribution >= 4 is 41.3 Å². The summed E-state index contributed by atoms with van der Waals surface area (Å²) in [6, 6.07) is 14.0. The highest BCUT2D eigenvalue weighted by Gasteiger charge is 2.03. The van der Waals surface area contributed by atoms with E-state index in [0.717, 1.165) is 41.6 Å². The Kier molecular flexibility index (Phi) is 10.6. The maximum atomic E-state index is 5.81. The van der Waals surface area contributed by atoms with Gasteiger partial charge in [0.2, 0.25) is 5.88 Å².